The Morgan fingerprint density at radius 1 is 1.00 bits per heavy atom. The van der Waals surface area contributed by atoms with Crippen molar-refractivity contribution in [1.29, 1.82) is 0 Å². The molecule has 1 unspecified atom stereocenters. The Kier molecular flexibility index (Phi) is 4.96. The van der Waals surface area contributed by atoms with E-state index in [0.29, 0.717) is 19.3 Å². The fourth-order valence-corrected chi connectivity index (χ4v) is 2.70. The second-order valence-electron chi connectivity index (χ2n) is 5.67. The van der Waals surface area contributed by atoms with Crippen molar-refractivity contribution >= 4 is 0 Å². The van der Waals surface area contributed by atoms with Gasteiger partial charge in [0, 0.05) is 6.04 Å². The Hall–Kier alpha value is -2.00. The third-order valence-electron chi connectivity index (χ3n) is 4.00. The summed E-state index contributed by atoms with van der Waals surface area (Å²) in [6, 6.07) is 17.1. The van der Waals surface area contributed by atoms with Crippen LogP contribution in [0.15, 0.2) is 48.5 Å². The lowest BCUT2D eigenvalue weighted by atomic mass is 10.1. The average molecular weight is 297 g/mol. The van der Waals surface area contributed by atoms with Crippen LogP contribution < -0.4 is 14.8 Å². The first-order chi connectivity index (χ1) is 10.8. The second-order valence-corrected chi connectivity index (χ2v) is 5.67. The Morgan fingerprint density at radius 2 is 1.77 bits per heavy atom. The van der Waals surface area contributed by atoms with Gasteiger partial charge in [-0.3, -0.25) is 0 Å². The van der Waals surface area contributed by atoms with Crippen LogP contribution in [0.2, 0.25) is 0 Å². The molecule has 1 aliphatic rings. The van der Waals surface area contributed by atoms with Gasteiger partial charge in [0.1, 0.15) is 13.2 Å². The predicted octanol–water partition coefficient (Wildman–Crippen LogP) is 3.74. The first kappa shape index (κ1) is 14.9. The summed E-state index contributed by atoms with van der Waals surface area (Å²) in [5.41, 5.74) is 2.64. The van der Waals surface area contributed by atoms with Crippen molar-refractivity contribution in [2.24, 2.45) is 0 Å². The minimum atomic E-state index is 0.312. The Balaban J connectivity index is 1.48. The number of aryl methyl sites for hydroxylation is 1. The quantitative estimate of drug-likeness (QED) is 0.824. The highest BCUT2D eigenvalue weighted by Gasteiger charge is 2.14. The molecule has 22 heavy (non-hydrogen) atoms. The van der Waals surface area contributed by atoms with E-state index in [1.165, 1.54) is 11.1 Å². The first-order valence-electron chi connectivity index (χ1n) is 8.00. The van der Waals surface area contributed by atoms with Gasteiger partial charge in [0.05, 0.1) is 0 Å². The van der Waals surface area contributed by atoms with Gasteiger partial charge < -0.3 is 14.8 Å². The van der Waals surface area contributed by atoms with E-state index >= 15 is 0 Å². The summed E-state index contributed by atoms with van der Waals surface area (Å²) in [6.45, 7) is 4.47. The number of benzene rings is 2. The molecule has 0 aliphatic carbocycles. The highest BCUT2D eigenvalue weighted by molar-refractivity contribution is 5.44. The molecule has 0 fully saturated rings. The zero-order valence-electron chi connectivity index (χ0n) is 13.0. The molecule has 1 atom stereocenters. The van der Waals surface area contributed by atoms with Gasteiger partial charge in [-0.2, -0.15) is 0 Å². The molecule has 3 nitrogen and oxygen atoms in total. The standard InChI is InChI=1S/C19H23NO2/c1-15(20-11-5-8-16-6-3-2-4-7-16)17-9-10-18-19(14-17)22-13-12-21-18/h2-4,6-7,9-10,14-15,20H,5,8,11-13H2,1H3. The molecule has 2 aromatic rings. The van der Waals surface area contributed by atoms with Crippen LogP contribution >= 0.6 is 0 Å². The number of hydrogen-bond donors (Lipinski definition) is 1. The van der Waals surface area contributed by atoms with Crippen molar-refractivity contribution < 1.29 is 9.47 Å². The Bertz CT molecular complexity index is 598. The molecular weight excluding hydrogens is 274 g/mol. The molecule has 0 saturated heterocycles. The van der Waals surface area contributed by atoms with Gasteiger partial charge in [-0.25, -0.2) is 0 Å². The van der Waals surface area contributed by atoms with E-state index < -0.39 is 0 Å². The molecule has 0 spiro atoms. The number of hydrogen-bond acceptors (Lipinski definition) is 3. The predicted molar refractivity (Wildman–Crippen MR) is 88.6 cm³/mol. The minimum absolute atomic E-state index is 0.312. The van der Waals surface area contributed by atoms with Crippen LogP contribution in [0.3, 0.4) is 0 Å². The maximum Gasteiger partial charge on any atom is 0.161 e. The number of nitrogens with one attached hydrogen (secondary N) is 1. The van der Waals surface area contributed by atoms with Gasteiger partial charge in [0.25, 0.3) is 0 Å². The maximum atomic E-state index is 5.64. The summed E-state index contributed by atoms with van der Waals surface area (Å²) < 4.78 is 11.2. The molecule has 0 bridgehead atoms. The van der Waals surface area contributed by atoms with Gasteiger partial charge in [-0.15, -0.1) is 0 Å². The average Bonchev–Trinajstić information content (AvgIpc) is 2.59. The van der Waals surface area contributed by atoms with E-state index in [9.17, 15) is 0 Å². The van der Waals surface area contributed by atoms with E-state index in [1.54, 1.807) is 0 Å². The smallest absolute Gasteiger partial charge is 0.161 e. The lowest BCUT2D eigenvalue weighted by molar-refractivity contribution is 0.171. The van der Waals surface area contributed by atoms with Crippen molar-refractivity contribution in [3.63, 3.8) is 0 Å². The largest absolute Gasteiger partial charge is 0.486 e. The maximum absolute atomic E-state index is 5.64. The van der Waals surface area contributed by atoms with Crippen molar-refractivity contribution in [2.75, 3.05) is 19.8 Å². The summed E-state index contributed by atoms with van der Waals surface area (Å²) in [7, 11) is 0. The monoisotopic (exact) mass is 297 g/mol. The first-order valence-corrected chi connectivity index (χ1v) is 8.00. The van der Waals surface area contributed by atoms with Crippen LogP contribution in [0.5, 0.6) is 11.5 Å². The molecule has 2 aromatic carbocycles. The SMILES string of the molecule is CC(NCCCc1ccccc1)c1ccc2c(c1)OCCO2. The molecule has 3 rings (SSSR count). The molecule has 0 saturated carbocycles. The van der Waals surface area contributed by atoms with Gasteiger partial charge in [-0.05, 0) is 49.6 Å². The summed E-state index contributed by atoms with van der Waals surface area (Å²) >= 11 is 0. The van der Waals surface area contributed by atoms with Crippen LogP contribution in [-0.2, 0) is 6.42 Å². The van der Waals surface area contributed by atoms with E-state index in [2.05, 4.69) is 54.7 Å². The lowest BCUT2D eigenvalue weighted by Gasteiger charge is -2.21. The van der Waals surface area contributed by atoms with Crippen molar-refractivity contribution in [2.45, 2.75) is 25.8 Å². The Morgan fingerprint density at radius 3 is 2.59 bits per heavy atom. The molecule has 1 N–H and O–H groups in total. The second kappa shape index (κ2) is 7.32. The lowest BCUT2D eigenvalue weighted by Crippen LogP contribution is -2.21. The van der Waals surface area contributed by atoms with E-state index in [0.717, 1.165) is 30.9 Å². The van der Waals surface area contributed by atoms with Crippen LogP contribution in [0.1, 0.15) is 30.5 Å². The summed E-state index contributed by atoms with van der Waals surface area (Å²) in [4.78, 5) is 0. The van der Waals surface area contributed by atoms with Crippen molar-refractivity contribution in [3.05, 3.63) is 59.7 Å². The molecule has 116 valence electrons. The number of rotatable bonds is 6. The van der Waals surface area contributed by atoms with Gasteiger partial charge in [0.15, 0.2) is 11.5 Å². The molecule has 1 aliphatic heterocycles. The zero-order chi connectivity index (χ0) is 15.2. The minimum Gasteiger partial charge on any atom is -0.486 e. The van der Waals surface area contributed by atoms with Crippen molar-refractivity contribution in [3.8, 4) is 11.5 Å². The fourth-order valence-electron chi connectivity index (χ4n) is 2.70. The topological polar surface area (TPSA) is 30.5 Å². The highest BCUT2D eigenvalue weighted by atomic mass is 16.6. The third-order valence-corrected chi connectivity index (χ3v) is 4.00. The molecular formula is C19H23NO2. The molecule has 3 heteroatoms. The summed E-state index contributed by atoms with van der Waals surface area (Å²) in [6.07, 6.45) is 2.25. The molecule has 0 radical (unpaired) electrons. The normalized spacial score (nSPS) is 14.6. The van der Waals surface area contributed by atoms with Crippen LogP contribution in [0.25, 0.3) is 0 Å². The third kappa shape index (κ3) is 3.80. The van der Waals surface area contributed by atoms with E-state index in [-0.39, 0.29) is 0 Å². The van der Waals surface area contributed by atoms with Gasteiger partial charge in [-0.1, -0.05) is 36.4 Å². The number of ether oxygens (including phenoxy) is 2. The van der Waals surface area contributed by atoms with Crippen LogP contribution in [0, 0.1) is 0 Å². The molecule has 0 amide bonds. The zero-order valence-corrected chi connectivity index (χ0v) is 13.0. The highest BCUT2D eigenvalue weighted by Crippen LogP contribution is 2.32. The van der Waals surface area contributed by atoms with E-state index in [1.807, 2.05) is 6.07 Å². The van der Waals surface area contributed by atoms with Crippen LogP contribution in [0.4, 0.5) is 0 Å². The summed E-state index contributed by atoms with van der Waals surface area (Å²) in [5, 5.41) is 3.58. The van der Waals surface area contributed by atoms with Crippen LogP contribution in [-0.4, -0.2) is 19.8 Å². The van der Waals surface area contributed by atoms with Crippen molar-refractivity contribution in [1.82, 2.24) is 5.32 Å². The number of fused-ring (bicyclic) bond motifs is 1. The van der Waals surface area contributed by atoms with Gasteiger partial charge >= 0.3 is 0 Å². The Labute approximate surface area is 132 Å². The molecule has 1 heterocycles. The van der Waals surface area contributed by atoms with Gasteiger partial charge in [0.2, 0.25) is 0 Å². The fraction of sp³-hybridized carbons (Fsp3) is 0.368. The summed E-state index contributed by atoms with van der Waals surface area (Å²) in [5.74, 6) is 1.72. The van der Waals surface area contributed by atoms with E-state index in [4.69, 9.17) is 9.47 Å². The molecule has 0 aromatic heterocycles.